The first-order valence-electron chi connectivity index (χ1n) is 9.18. The summed E-state index contributed by atoms with van der Waals surface area (Å²) in [4.78, 5) is 6.38. The first-order valence-corrected chi connectivity index (χ1v) is 9.18. The second kappa shape index (κ2) is 12.0. The van der Waals surface area contributed by atoms with Crippen molar-refractivity contribution in [2.24, 2.45) is 4.99 Å². The molecule has 0 saturated heterocycles. The molecule has 0 saturated carbocycles. The van der Waals surface area contributed by atoms with Crippen LogP contribution < -0.4 is 10.6 Å². The van der Waals surface area contributed by atoms with Crippen molar-refractivity contribution in [1.29, 1.82) is 0 Å². The van der Waals surface area contributed by atoms with Gasteiger partial charge in [-0.15, -0.1) is 24.0 Å². The number of hydrogen-bond donors (Lipinski definition) is 2. The van der Waals surface area contributed by atoms with Crippen LogP contribution in [0.3, 0.4) is 0 Å². The predicted octanol–water partition coefficient (Wildman–Crippen LogP) is 3.76. The van der Waals surface area contributed by atoms with E-state index in [2.05, 4.69) is 39.5 Å². The third-order valence-electron chi connectivity index (χ3n) is 4.59. The van der Waals surface area contributed by atoms with Crippen LogP contribution in [-0.4, -0.2) is 43.7 Å². The van der Waals surface area contributed by atoms with Gasteiger partial charge in [0, 0.05) is 25.6 Å². The maximum absolute atomic E-state index is 5.53. The fraction of sp³-hybridized carbons (Fsp3) is 0.579. The van der Waals surface area contributed by atoms with Crippen LogP contribution in [0, 0.1) is 0 Å². The Labute approximate surface area is 179 Å². The van der Waals surface area contributed by atoms with Crippen LogP contribution in [0.4, 0.5) is 0 Å². The Kier molecular flexibility index (Phi) is 10.5. The fourth-order valence-corrected chi connectivity index (χ4v) is 2.91. The minimum Gasteiger partial charge on any atom is -0.468 e. The first kappa shape index (κ1) is 23.5. The minimum atomic E-state index is 0. The summed E-state index contributed by atoms with van der Waals surface area (Å²) >= 11 is 0. The van der Waals surface area contributed by atoms with Gasteiger partial charge in [0.25, 0.3) is 0 Å². The van der Waals surface area contributed by atoms with Crippen LogP contribution in [0.15, 0.2) is 38.4 Å². The summed E-state index contributed by atoms with van der Waals surface area (Å²) in [6, 6.07) is 6.04. The second-order valence-corrected chi connectivity index (χ2v) is 6.53. The monoisotopic (exact) mass is 489 g/mol. The molecule has 7 nitrogen and oxygen atoms in total. The predicted molar refractivity (Wildman–Crippen MR) is 119 cm³/mol. The number of halogens is 1. The quantitative estimate of drug-likeness (QED) is 0.317. The average molecular weight is 489 g/mol. The lowest BCUT2D eigenvalue weighted by atomic mass is 9.99. The van der Waals surface area contributed by atoms with Gasteiger partial charge in [0.15, 0.2) is 11.7 Å². The lowest BCUT2D eigenvalue weighted by Gasteiger charge is -2.23. The van der Waals surface area contributed by atoms with Gasteiger partial charge in [-0.1, -0.05) is 19.0 Å². The van der Waals surface area contributed by atoms with E-state index in [0.29, 0.717) is 25.0 Å². The Morgan fingerprint density at radius 2 is 2.00 bits per heavy atom. The molecule has 152 valence electrons. The van der Waals surface area contributed by atoms with E-state index in [0.717, 1.165) is 30.1 Å². The van der Waals surface area contributed by atoms with E-state index < -0.39 is 0 Å². The Hall–Kier alpha value is -1.55. The van der Waals surface area contributed by atoms with Gasteiger partial charge >= 0.3 is 0 Å². The van der Waals surface area contributed by atoms with Crippen molar-refractivity contribution in [2.75, 3.05) is 27.7 Å². The van der Waals surface area contributed by atoms with Gasteiger partial charge in [-0.25, -0.2) is 0 Å². The molecule has 0 aliphatic heterocycles. The third-order valence-corrected chi connectivity index (χ3v) is 4.59. The van der Waals surface area contributed by atoms with E-state index in [1.807, 2.05) is 32.3 Å². The number of guanidine groups is 1. The smallest absolute Gasteiger partial charge is 0.191 e. The van der Waals surface area contributed by atoms with Gasteiger partial charge in [-0.2, -0.15) is 0 Å². The van der Waals surface area contributed by atoms with Gasteiger partial charge in [0.05, 0.1) is 24.5 Å². The number of likely N-dealkylation sites (N-methyl/N-ethyl adjacent to an activating group) is 1. The molecule has 2 N–H and O–H groups in total. The molecule has 2 heterocycles. The molecule has 1 unspecified atom stereocenters. The third kappa shape index (κ3) is 6.84. The molecule has 2 aromatic heterocycles. The normalized spacial score (nSPS) is 12.9. The Bertz CT molecular complexity index is 665. The highest BCUT2D eigenvalue weighted by Crippen LogP contribution is 2.22. The topological polar surface area (TPSA) is 78.8 Å². The largest absolute Gasteiger partial charge is 0.468 e. The second-order valence-electron chi connectivity index (χ2n) is 6.53. The number of rotatable bonds is 9. The van der Waals surface area contributed by atoms with Crippen molar-refractivity contribution in [3.63, 3.8) is 0 Å². The maximum atomic E-state index is 5.53. The Morgan fingerprint density at radius 3 is 2.56 bits per heavy atom. The molecule has 2 aromatic rings. The number of furan rings is 1. The Morgan fingerprint density at radius 1 is 1.26 bits per heavy atom. The van der Waals surface area contributed by atoms with Crippen LogP contribution in [0.2, 0.25) is 0 Å². The molecule has 0 bridgehead atoms. The van der Waals surface area contributed by atoms with Crippen LogP contribution in [0.1, 0.15) is 55.9 Å². The number of nitrogens with zero attached hydrogens (tertiary/aromatic N) is 3. The zero-order chi connectivity index (χ0) is 18.9. The molecule has 0 fully saturated rings. The molecule has 0 spiro atoms. The van der Waals surface area contributed by atoms with E-state index in [4.69, 9.17) is 8.94 Å². The average Bonchev–Trinajstić information content (AvgIpc) is 3.31. The zero-order valence-electron chi connectivity index (χ0n) is 16.9. The summed E-state index contributed by atoms with van der Waals surface area (Å²) in [6.45, 7) is 5.56. The van der Waals surface area contributed by atoms with Gasteiger partial charge < -0.3 is 19.6 Å². The van der Waals surface area contributed by atoms with Gasteiger partial charge in [0.1, 0.15) is 5.76 Å². The minimum absolute atomic E-state index is 0. The SMILES string of the molecule is CCC(CC)c1cc(CNC(=NC)NCC(c2ccco2)N(C)C)on1.I. The summed E-state index contributed by atoms with van der Waals surface area (Å²) in [5.41, 5.74) is 1.03. The van der Waals surface area contributed by atoms with Crippen molar-refractivity contribution >= 4 is 29.9 Å². The number of hydrogen-bond acceptors (Lipinski definition) is 5. The van der Waals surface area contributed by atoms with Crippen molar-refractivity contribution in [3.8, 4) is 0 Å². The van der Waals surface area contributed by atoms with E-state index in [9.17, 15) is 0 Å². The molecule has 27 heavy (non-hydrogen) atoms. The lowest BCUT2D eigenvalue weighted by Crippen LogP contribution is -2.41. The summed E-state index contributed by atoms with van der Waals surface area (Å²) in [5, 5.41) is 10.8. The van der Waals surface area contributed by atoms with Crippen molar-refractivity contribution in [3.05, 3.63) is 41.7 Å². The van der Waals surface area contributed by atoms with Gasteiger partial charge in [-0.3, -0.25) is 9.89 Å². The molecule has 0 aliphatic rings. The molecule has 1 atom stereocenters. The highest BCUT2D eigenvalue weighted by molar-refractivity contribution is 14.0. The fourth-order valence-electron chi connectivity index (χ4n) is 2.91. The van der Waals surface area contributed by atoms with Crippen molar-refractivity contribution in [1.82, 2.24) is 20.7 Å². The molecule has 0 amide bonds. The molecular weight excluding hydrogens is 457 g/mol. The highest BCUT2D eigenvalue weighted by Gasteiger charge is 2.17. The lowest BCUT2D eigenvalue weighted by molar-refractivity contribution is 0.258. The summed E-state index contributed by atoms with van der Waals surface area (Å²) < 4.78 is 11.0. The molecule has 0 aromatic carbocycles. The molecule has 0 aliphatic carbocycles. The van der Waals surface area contributed by atoms with E-state index >= 15 is 0 Å². The first-order chi connectivity index (χ1) is 12.6. The van der Waals surface area contributed by atoms with E-state index in [1.54, 1.807) is 13.3 Å². The van der Waals surface area contributed by atoms with Crippen molar-refractivity contribution < 1.29 is 8.94 Å². The van der Waals surface area contributed by atoms with E-state index in [1.165, 1.54) is 0 Å². The summed E-state index contributed by atoms with van der Waals surface area (Å²) in [6.07, 6.45) is 3.83. The molecule has 0 radical (unpaired) electrons. The molecular formula is C19H32IN5O2. The van der Waals surface area contributed by atoms with E-state index in [-0.39, 0.29) is 30.0 Å². The van der Waals surface area contributed by atoms with Crippen LogP contribution in [0.25, 0.3) is 0 Å². The van der Waals surface area contributed by atoms with Crippen LogP contribution in [0.5, 0.6) is 0 Å². The van der Waals surface area contributed by atoms with Crippen LogP contribution >= 0.6 is 24.0 Å². The zero-order valence-corrected chi connectivity index (χ0v) is 19.2. The molecule has 8 heteroatoms. The number of aromatic nitrogens is 1. The van der Waals surface area contributed by atoms with Crippen LogP contribution in [-0.2, 0) is 6.54 Å². The van der Waals surface area contributed by atoms with Gasteiger partial charge in [-0.05, 0) is 39.1 Å². The molecule has 2 rings (SSSR count). The van der Waals surface area contributed by atoms with Gasteiger partial charge in [0.2, 0.25) is 0 Å². The Balaban J connectivity index is 0.00000364. The maximum Gasteiger partial charge on any atom is 0.191 e. The summed E-state index contributed by atoms with van der Waals surface area (Å²) in [7, 11) is 5.81. The van der Waals surface area contributed by atoms with Crippen molar-refractivity contribution in [2.45, 2.75) is 45.2 Å². The summed E-state index contributed by atoms with van der Waals surface area (Å²) in [5.74, 6) is 2.90. The highest BCUT2D eigenvalue weighted by atomic mass is 127. The number of nitrogens with one attached hydrogen (secondary N) is 2. The standard InChI is InChI=1S/C19H31N5O2.HI/c1-6-14(7-2)16-11-15(26-23-16)12-21-19(20-3)22-13-17(24(4)5)18-9-8-10-25-18;/h8-11,14,17H,6-7,12-13H2,1-5H3,(H2,20,21,22);1H. The number of aliphatic imine (C=N–C) groups is 1.